The van der Waals surface area contributed by atoms with Crippen molar-refractivity contribution >= 4 is 11.3 Å². The minimum Gasteiger partial charge on any atom is -0.466 e. The summed E-state index contributed by atoms with van der Waals surface area (Å²) >= 11 is 1.63. The van der Waals surface area contributed by atoms with E-state index in [1.807, 2.05) is 39.8 Å². The first kappa shape index (κ1) is 11.4. The molecule has 0 saturated heterocycles. The van der Waals surface area contributed by atoms with Crippen molar-refractivity contribution in [3.63, 3.8) is 0 Å². The van der Waals surface area contributed by atoms with Gasteiger partial charge in [-0.25, -0.2) is 0 Å². The van der Waals surface area contributed by atoms with Crippen molar-refractivity contribution < 1.29 is 9.52 Å². The fraction of sp³-hybridized carbons (Fsp3) is 0.385. The summed E-state index contributed by atoms with van der Waals surface area (Å²) in [4.78, 5) is 2.19. The summed E-state index contributed by atoms with van der Waals surface area (Å²) < 4.78 is 5.54. The lowest BCUT2D eigenvalue weighted by atomic mass is 10.0. The van der Waals surface area contributed by atoms with Gasteiger partial charge >= 0.3 is 0 Å². The molecule has 0 spiro atoms. The zero-order valence-electron chi connectivity index (χ0n) is 10.00. The largest absolute Gasteiger partial charge is 0.466 e. The van der Waals surface area contributed by atoms with Crippen LogP contribution in [0.25, 0.3) is 0 Å². The SMILES string of the molecule is Cc1ccc(C(O)c2c(C)oc(C)c2C)s1. The van der Waals surface area contributed by atoms with Crippen molar-refractivity contribution in [3.05, 3.63) is 44.5 Å². The van der Waals surface area contributed by atoms with Gasteiger partial charge in [-0.3, -0.25) is 0 Å². The maximum absolute atomic E-state index is 10.3. The fourth-order valence-corrected chi connectivity index (χ4v) is 2.83. The minimum atomic E-state index is -0.559. The van der Waals surface area contributed by atoms with E-state index in [-0.39, 0.29) is 0 Å². The Bertz CT molecular complexity index is 508. The molecule has 0 bridgehead atoms. The van der Waals surface area contributed by atoms with Crippen molar-refractivity contribution in [3.8, 4) is 0 Å². The molecule has 2 heterocycles. The lowest BCUT2D eigenvalue weighted by molar-refractivity contribution is 0.221. The van der Waals surface area contributed by atoms with Crippen LogP contribution in [0.3, 0.4) is 0 Å². The molecule has 2 aromatic heterocycles. The van der Waals surface area contributed by atoms with Gasteiger partial charge in [0.15, 0.2) is 0 Å². The van der Waals surface area contributed by atoms with Crippen molar-refractivity contribution in [2.24, 2.45) is 0 Å². The maximum atomic E-state index is 10.3. The predicted molar refractivity (Wildman–Crippen MR) is 66.0 cm³/mol. The lowest BCUT2D eigenvalue weighted by Crippen LogP contribution is -1.99. The van der Waals surface area contributed by atoms with Crippen LogP contribution >= 0.6 is 11.3 Å². The van der Waals surface area contributed by atoms with Crippen molar-refractivity contribution in [1.29, 1.82) is 0 Å². The molecule has 1 N–H and O–H groups in total. The number of furan rings is 1. The molecule has 0 aliphatic rings. The molecule has 1 atom stereocenters. The molecular formula is C13H16O2S. The first-order chi connectivity index (χ1) is 7.50. The third-order valence-electron chi connectivity index (χ3n) is 2.92. The van der Waals surface area contributed by atoms with E-state index in [9.17, 15) is 5.11 Å². The number of aryl methyl sites for hydroxylation is 3. The molecule has 0 amide bonds. The minimum absolute atomic E-state index is 0.559. The van der Waals surface area contributed by atoms with E-state index in [0.29, 0.717) is 0 Å². The van der Waals surface area contributed by atoms with E-state index >= 15 is 0 Å². The second kappa shape index (κ2) is 4.07. The van der Waals surface area contributed by atoms with E-state index in [4.69, 9.17) is 4.42 Å². The van der Waals surface area contributed by atoms with Crippen LogP contribution in [0.5, 0.6) is 0 Å². The van der Waals surface area contributed by atoms with Crippen LogP contribution in [0.2, 0.25) is 0 Å². The molecule has 0 radical (unpaired) electrons. The number of rotatable bonds is 2. The second-order valence-electron chi connectivity index (χ2n) is 4.10. The third-order valence-corrected chi connectivity index (χ3v) is 3.97. The smallest absolute Gasteiger partial charge is 0.117 e. The number of aliphatic hydroxyl groups excluding tert-OH is 1. The molecule has 2 aromatic rings. The molecule has 16 heavy (non-hydrogen) atoms. The molecule has 0 aliphatic heterocycles. The van der Waals surface area contributed by atoms with Gasteiger partial charge in [0, 0.05) is 15.3 Å². The Morgan fingerprint density at radius 2 is 1.81 bits per heavy atom. The van der Waals surface area contributed by atoms with Crippen LogP contribution in [-0.2, 0) is 0 Å². The van der Waals surface area contributed by atoms with E-state index in [0.717, 1.165) is 27.5 Å². The van der Waals surface area contributed by atoms with Crippen molar-refractivity contribution in [2.45, 2.75) is 33.8 Å². The first-order valence-electron chi connectivity index (χ1n) is 5.31. The van der Waals surface area contributed by atoms with Crippen LogP contribution in [0.1, 0.15) is 38.5 Å². The molecule has 0 fully saturated rings. The van der Waals surface area contributed by atoms with Crippen LogP contribution in [0.4, 0.5) is 0 Å². The summed E-state index contributed by atoms with van der Waals surface area (Å²) in [6, 6.07) is 4.01. The predicted octanol–water partition coefficient (Wildman–Crippen LogP) is 3.66. The van der Waals surface area contributed by atoms with Crippen LogP contribution in [0.15, 0.2) is 16.5 Å². The number of aliphatic hydroxyl groups is 1. The molecule has 86 valence electrons. The standard InChI is InChI=1S/C13H16O2S/c1-7-5-6-11(16-7)13(14)12-8(2)9(3)15-10(12)4/h5-6,13-14H,1-4H3. The Hall–Kier alpha value is -1.06. The average molecular weight is 236 g/mol. The molecule has 1 unspecified atom stereocenters. The highest BCUT2D eigenvalue weighted by Gasteiger charge is 2.21. The quantitative estimate of drug-likeness (QED) is 0.863. The monoisotopic (exact) mass is 236 g/mol. The summed E-state index contributed by atoms with van der Waals surface area (Å²) in [5.41, 5.74) is 1.97. The van der Waals surface area contributed by atoms with Gasteiger partial charge < -0.3 is 9.52 Å². The van der Waals surface area contributed by atoms with E-state index in [1.165, 1.54) is 4.88 Å². The van der Waals surface area contributed by atoms with Crippen LogP contribution < -0.4 is 0 Å². The molecule has 3 heteroatoms. The zero-order chi connectivity index (χ0) is 11.9. The summed E-state index contributed by atoms with van der Waals surface area (Å²) in [7, 11) is 0. The maximum Gasteiger partial charge on any atom is 0.117 e. The Morgan fingerprint density at radius 1 is 1.12 bits per heavy atom. The first-order valence-corrected chi connectivity index (χ1v) is 6.13. The molecule has 2 nitrogen and oxygen atoms in total. The van der Waals surface area contributed by atoms with E-state index < -0.39 is 6.10 Å². The van der Waals surface area contributed by atoms with Gasteiger partial charge in [-0.15, -0.1) is 11.3 Å². The highest BCUT2D eigenvalue weighted by molar-refractivity contribution is 7.12. The summed E-state index contributed by atoms with van der Waals surface area (Å²) in [6.07, 6.45) is -0.559. The summed E-state index contributed by atoms with van der Waals surface area (Å²) in [5, 5.41) is 10.3. The van der Waals surface area contributed by atoms with Gasteiger partial charge in [-0.05, 0) is 45.4 Å². The summed E-state index contributed by atoms with van der Waals surface area (Å²) in [5.74, 6) is 1.70. The normalized spacial score (nSPS) is 13.1. The Kier molecular flexibility index (Phi) is 2.91. The highest BCUT2D eigenvalue weighted by Crippen LogP contribution is 2.34. The second-order valence-corrected chi connectivity index (χ2v) is 5.42. The molecule has 2 rings (SSSR count). The number of thiophene rings is 1. The van der Waals surface area contributed by atoms with Crippen LogP contribution in [0, 0.1) is 27.7 Å². The van der Waals surface area contributed by atoms with Crippen molar-refractivity contribution in [2.75, 3.05) is 0 Å². The lowest BCUT2D eigenvalue weighted by Gasteiger charge is -2.08. The van der Waals surface area contributed by atoms with Gasteiger partial charge in [0.05, 0.1) is 0 Å². The van der Waals surface area contributed by atoms with Gasteiger partial charge in [-0.1, -0.05) is 0 Å². The van der Waals surface area contributed by atoms with Gasteiger partial charge in [0.25, 0.3) is 0 Å². The molecule has 0 aromatic carbocycles. The number of hydrogen-bond acceptors (Lipinski definition) is 3. The zero-order valence-corrected chi connectivity index (χ0v) is 10.8. The Morgan fingerprint density at radius 3 is 2.25 bits per heavy atom. The third kappa shape index (κ3) is 1.81. The van der Waals surface area contributed by atoms with Gasteiger partial charge in [-0.2, -0.15) is 0 Å². The fourth-order valence-electron chi connectivity index (χ4n) is 1.96. The average Bonchev–Trinajstić information content (AvgIpc) is 2.73. The van der Waals surface area contributed by atoms with Crippen molar-refractivity contribution in [1.82, 2.24) is 0 Å². The van der Waals surface area contributed by atoms with E-state index in [1.54, 1.807) is 11.3 Å². The van der Waals surface area contributed by atoms with Crippen LogP contribution in [-0.4, -0.2) is 5.11 Å². The van der Waals surface area contributed by atoms with E-state index in [2.05, 4.69) is 0 Å². The van der Waals surface area contributed by atoms with Gasteiger partial charge in [0.2, 0.25) is 0 Å². The Labute approximate surface area is 99.5 Å². The molecular weight excluding hydrogens is 220 g/mol. The molecule has 0 aliphatic carbocycles. The number of hydrogen-bond donors (Lipinski definition) is 1. The van der Waals surface area contributed by atoms with Gasteiger partial charge in [0.1, 0.15) is 17.6 Å². The summed E-state index contributed by atoms with van der Waals surface area (Å²) in [6.45, 7) is 7.86. The topological polar surface area (TPSA) is 33.4 Å². The molecule has 0 saturated carbocycles. The Balaban J connectivity index is 2.44. The highest BCUT2D eigenvalue weighted by atomic mass is 32.1.